The lowest BCUT2D eigenvalue weighted by Gasteiger charge is -2.33. The number of rotatable bonds is 2. The van der Waals surface area contributed by atoms with Gasteiger partial charge < -0.3 is 9.32 Å². The summed E-state index contributed by atoms with van der Waals surface area (Å²) in [6, 6.07) is 9.01. The lowest BCUT2D eigenvalue weighted by Crippen LogP contribution is -2.42. The third-order valence-corrected chi connectivity index (χ3v) is 6.52. The van der Waals surface area contributed by atoms with Crippen molar-refractivity contribution >= 4 is 56.1 Å². The molecule has 7 heteroatoms. The molecule has 0 unspecified atom stereocenters. The summed E-state index contributed by atoms with van der Waals surface area (Å²) in [6.07, 6.45) is 3.27. The number of nitrogens with zero attached hydrogens (tertiary/aromatic N) is 2. The largest absolute Gasteiger partial charge is 0.436 e. The number of hydrogen-bond donors (Lipinski definition) is 0. The second-order valence-corrected chi connectivity index (χ2v) is 8.43. The predicted molar refractivity (Wildman–Crippen MR) is 112 cm³/mol. The molecule has 2 heterocycles. The zero-order chi connectivity index (χ0) is 19.1. The van der Waals surface area contributed by atoms with E-state index in [1.807, 2.05) is 4.90 Å². The van der Waals surface area contributed by atoms with Gasteiger partial charge in [0.2, 0.25) is 5.89 Å². The van der Waals surface area contributed by atoms with Crippen molar-refractivity contribution in [2.45, 2.75) is 32.2 Å². The molecule has 1 atom stereocenters. The Kier molecular flexibility index (Phi) is 5.19. The van der Waals surface area contributed by atoms with E-state index in [1.165, 1.54) is 6.42 Å². The molecule has 0 bridgehead atoms. The van der Waals surface area contributed by atoms with Gasteiger partial charge in [0, 0.05) is 27.6 Å². The second-order valence-electron chi connectivity index (χ2n) is 6.79. The van der Waals surface area contributed by atoms with E-state index in [2.05, 4.69) is 27.8 Å². The van der Waals surface area contributed by atoms with Gasteiger partial charge in [-0.3, -0.25) is 4.79 Å². The summed E-state index contributed by atoms with van der Waals surface area (Å²) in [5, 5.41) is 0.977. The minimum Gasteiger partial charge on any atom is -0.436 e. The quantitative estimate of drug-likeness (QED) is 0.400. The molecule has 2 aromatic carbocycles. The van der Waals surface area contributed by atoms with Gasteiger partial charge in [0.05, 0.1) is 10.6 Å². The molecule has 1 aliphatic heterocycles. The Bertz CT molecular complexity index is 1030. The second kappa shape index (κ2) is 7.46. The number of halogens is 3. The molecule has 1 aromatic heterocycles. The number of amides is 1. The third kappa shape index (κ3) is 3.60. The number of carbonyl (C=O) groups excluding carboxylic acids is 1. The predicted octanol–water partition coefficient (Wildman–Crippen LogP) is 6.58. The van der Waals surface area contributed by atoms with E-state index in [0.717, 1.165) is 19.4 Å². The standard InChI is InChI=1S/C20H17BrCl2N2O2/c1-11-4-2-3-7-25(11)20(26)12-5-6-17-16(8-12)24-19(27-17)14-9-13(22)10-15(23)18(14)21/h5-6,8-11H,2-4,7H2,1H3/t11-/m1/s1. The van der Waals surface area contributed by atoms with Crippen molar-refractivity contribution in [1.29, 1.82) is 0 Å². The molecule has 1 saturated heterocycles. The van der Waals surface area contributed by atoms with Crippen molar-refractivity contribution in [3.05, 3.63) is 50.4 Å². The number of hydrogen-bond acceptors (Lipinski definition) is 3. The summed E-state index contributed by atoms with van der Waals surface area (Å²) in [6.45, 7) is 2.90. The molecule has 0 aliphatic carbocycles. The zero-order valence-corrected chi connectivity index (χ0v) is 17.7. The van der Waals surface area contributed by atoms with Gasteiger partial charge in [0.1, 0.15) is 5.52 Å². The summed E-state index contributed by atoms with van der Waals surface area (Å²) in [5.74, 6) is 0.442. The number of oxazole rings is 1. The lowest BCUT2D eigenvalue weighted by molar-refractivity contribution is 0.0636. The van der Waals surface area contributed by atoms with Crippen LogP contribution in [0.2, 0.25) is 10.0 Å². The number of carbonyl (C=O) groups is 1. The third-order valence-electron chi connectivity index (χ3n) is 4.92. The molecular weight excluding hydrogens is 451 g/mol. The fourth-order valence-electron chi connectivity index (χ4n) is 3.45. The van der Waals surface area contributed by atoms with Crippen LogP contribution in [0.5, 0.6) is 0 Å². The van der Waals surface area contributed by atoms with E-state index in [0.29, 0.717) is 42.6 Å². The topological polar surface area (TPSA) is 46.3 Å². The van der Waals surface area contributed by atoms with Crippen molar-refractivity contribution < 1.29 is 9.21 Å². The van der Waals surface area contributed by atoms with E-state index in [-0.39, 0.29) is 11.9 Å². The highest BCUT2D eigenvalue weighted by molar-refractivity contribution is 9.10. The molecule has 0 radical (unpaired) electrons. The Morgan fingerprint density at radius 2 is 2.07 bits per heavy atom. The van der Waals surface area contributed by atoms with Crippen molar-refractivity contribution in [1.82, 2.24) is 9.88 Å². The highest BCUT2D eigenvalue weighted by atomic mass is 79.9. The van der Waals surface area contributed by atoms with Crippen LogP contribution in [0.3, 0.4) is 0 Å². The Hall–Kier alpha value is -1.56. The van der Waals surface area contributed by atoms with Crippen molar-refractivity contribution in [3.8, 4) is 11.5 Å². The molecule has 0 spiro atoms. The van der Waals surface area contributed by atoms with Crippen LogP contribution >= 0.6 is 39.1 Å². The van der Waals surface area contributed by atoms with Crippen LogP contribution < -0.4 is 0 Å². The van der Waals surface area contributed by atoms with Gasteiger partial charge in [-0.05, 0) is 72.4 Å². The maximum absolute atomic E-state index is 12.9. The summed E-state index contributed by atoms with van der Waals surface area (Å²) in [4.78, 5) is 19.4. The van der Waals surface area contributed by atoms with Crippen molar-refractivity contribution in [2.75, 3.05) is 6.54 Å². The number of benzene rings is 2. The molecule has 27 heavy (non-hydrogen) atoms. The maximum Gasteiger partial charge on any atom is 0.254 e. The SMILES string of the molecule is C[C@@H]1CCCCN1C(=O)c1ccc2oc(-c3cc(Cl)cc(Cl)c3Br)nc2c1. The van der Waals surface area contributed by atoms with Gasteiger partial charge >= 0.3 is 0 Å². The van der Waals surface area contributed by atoms with E-state index in [9.17, 15) is 4.79 Å². The van der Waals surface area contributed by atoms with E-state index < -0.39 is 0 Å². The van der Waals surface area contributed by atoms with Crippen LogP contribution in [-0.2, 0) is 0 Å². The van der Waals surface area contributed by atoms with Gasteiger partial charge in [0.25, 0.3) is 5.91 Å². The Morgan fingerprint density at radius 3 is 2.85 bits per heavy atom. The van der Waals surface area contributed by atoms with Crippen LogP contribution in [0.15, 0.2) is 39.2 Å². The van der Waals surface area contributed by atoms with Crippen LogP contribution in [0, 0.1) is 0 Å². The zero-order valence-electron chi connectivity index (χ0n) is 14.6. The summed E-state index contributed by atoms with van der Waals surface area (Å²) >= 11 is 15.7. The number of fused-ring (bicyclic) bond motifs is 1. The first-order valence-corrected chi connectivity index (χ1v) is 10.4. The molecule has 1 aliphatic rings. The molecule has 1 fully saturated rings. The van der Waals surface area contributed by atoms with Crippen molar-refractivity contribution in [2.24, 2.45) is 0 Å². The van der Waals surface area contributed by atoms with Gasteiger partial charge in [0.15, 0.2) is 5.58 Å². The van der Waals surface area contributed by atoms with Crippen LogP contribution in [0.25, 0.3) is 22.6 Å². The Morgan fingerprint density at radius 1 is 1.26 bits per heavy atom. The van der Waals surface area contributed by atoms with Crippen LogP contribution in [-0.4, -0.2) is 28.4 Å². The fraction of sp³-hybridized carbons (Fsp3) is 0.300. The minimum atomic E-state index is 0.0423. The van der Waals surface area contributed by atoms with Gasteiger partial charge in [-0.15, -0.1) is 0 Å². The first-order chi connectivity index (χ1) is 12.9. The smallest absolute Gasteiger partial charge is 0.254 e. The highest BCUT2D eigenvalue weighted by Gasteiger charge is 2.25. The average molecular weight is 468 g/mol. The van der Waals surface area contributed by atoms with E-state index >= 15 is 0 Å². The summed E-state index contributed by atoms with van der Waals surface area (Å²) < 4.78 is 6.53. The van der Waals surface area contributed by atoms with Crippen LogP contribution in [0.4, 0.5) is 0 Å². The normalized spacial score (nSPS) is 17.5. The number of aromatic nitrogens is 1. The molecule has 4 rings (SSSR count). The van der Waals surface area contributed by atoms with Gasteiger partial charge in [-0.25, -0.2) is 4.98 Å². The van der Waals surface area contributed by atoms with Gasteiger partial charge in [-0.2, -0.15) is 0 Å². The van der Waals surface area contributed by atoms with Crippen LogP contribution in [0.1, 0.15) is 36.5 Å². The summed E-state index contributed by atoms with van der Waals surface area (Å²) in [5.41, 5.74) is 2.53. The Labute approximate surface area is 175 Å². The van der Waals surface area contributed by atoms with Crippen molar-refractivity contribution in [3.63, 3.8) is 0 Å². The molecule has 4 nitrogen and oxygen atoms in total. The Balaban J connectivity index is 1.71. The van der Waals surface area contributed by atoms with E-state index in [4.69, 9.17) is 27.6 Å². The number of piperidine rings is 1. The van der Waals surface area contributed by atoms with Gasteiger partial charge in [-0.1, -0.05) is 23.2 Å². The molecular formula is C20H17BrCl2N2O2. The number of likely N-dealkylation sites (tertiary alicyclic amines) is 1. The summed E-state index contributed by atoms with van der Waals surface area (Å²) in [7, 11) is 0. The highest BCUT2D eigenvalue weighted by Crippen LogP contribution is 2.37. The molecule has 0 N–H and O–H groups in total. The molecule has 140 valence electrons. The first-order valence-electron chi connectivity index (χ1n) is 8.80. The monoisotopic (exact) mass is 466 g/mol. The first kappa shape index (κ1) is 18.8. The molecule has 3 aromatic rings. The average Bonchev–Trinajstić information content (AvgIpc) is 3.07. The minimum absolute atomic E-state index is 0.0423. The molecule has 0 saturated carbocycles. The van der Waals surface area contributed by atoms with E-state index in [1.54, 1.807) is 30.3 Å². The maximum atomic E-state index is 12.9. The fourth-order valence-corrected chi connectivity index (χ4v) is 4.34. The molecule has 1 amide bonds. The lowest BCUT2D eigenvalue weighted by atomic mass is 10.0.